The van der Waals surface area contributed by atoms with Crippen molar-refractivity contribution in [1.29, 1.82) is 0 Å². The molecule has 22 heavy (non-hydrogen) atoms. The largest absolute Gasteiger partial charge is 0.465 e. The molecular weight excluding hydrogens is 298 g/mol. The molecule has 4 nitrogen and oxygen atoms in total. The summed E-state index contributed by atoms with van der Waals surface area (Å²) in [5, 5.41) is 0.650. The van der Waals surface area contributed by atoms with E-state index in [1.807, 2.05) is 16.7 Å². The standard InChI is InChI=1S/C17H21NO3S/c1-21-17(20)15-6-4-3-5-14(15)16(19)18-11-7-8-12(18)10-13(9-11)22-2/h3-6,11-13H,7-10H2,1-2H3. The molecule has 0 N–H and O–H groups in total. The summed E-state index contributed by atoms with van der Waals surface area (Å²) in [6.45, 7) is 0. The van der Waals surface area contributed by atoms with E-state index < -0.39 is 5.97 Å². The second-order valence-corrected chi connectivity index (χ2v) is 7.10. The maximum absolute atomic E-state index is 13.0. The minimum atomic E-state index is -0.449. The lowest BCUT2D eigenvalue weighted by molar-refractivity contribution is 0.0557. The smallest absolute Gasteiger partial charge is 0.338 e. The molecule has 2 unspecified atom stereocenters. The number of methoxy groups -OCH3 is 1. The number of benzene rings is 1. The Morgan fingerprint density at radius 3 is 2.27 bits per heavy atom. The highest BCUT2D eigenvalue weighted by molar-refractivity contribution is 7.99. The number of hydrogen-bond donors (Lipinski definition) is 0. The first-order valence-corrected chi connectivity index (χ1v) is 8.97. The molecular formula is C17H21NO3S. The summed E-state index contributed by atoms with van der Waals surface area (Å²) in [7, 11) is 1.34. The Hall–Kier alpha value is -1.49. The Labute approximate surface area is 135 Å². The lowest BCUT2D eigenvalue weighted by Crippen LogP contribution is -2.47. The third-order valence-corrected chi connectivity index (χ3v) is 5.87. The van der Waals surface area contributed by atoms with Gasteiger partial charge in [0, 0.05) is 17.3 Å². The van der Waals surface area contributed by atoms with E-state index in [0.717, 1.165) is 25.7 Å². The highest BCUT2D eigenvalue weighted by Crippen LogP contribution is 2.40. The van der Waals surface area contributed by atoms with Crippen LogP contribution in [0.25, 0.3) is 0 Å². The zero-order chi connectivity index (χ0) is 15.7. The van der Waals surface area contributed by atoms with Crippen LogP contribution in [-0.2, 0) is 4.74 Å². The van der Waals surface area contributed by atoms with Gasteiger partial charge in [0.1, 0.15) is 0 Å². The van der Waals surface area contributed by atoms with Gasteiger partial charge in [0.15, 0.2) is 0 Å². The van der Waals surface area contributed by atoms with Crippen LogP contribution in [0.1, 0.15) is 46.4 Å². The number of fused-ring (bicyclic) bond motifs is 2. The fraction of sp³-hybridized carbons (Fsp3) is 0.529. The van der Waals surface area contributed by atoms with Crippen LogP contribution >= 0.6 is 11.8 Å². The Morgan fingerprint density at radius 1 is 1.14 bits per heavy atom. The number of carbonyl (C=O) groups excluding carboxylic acids is 2. The quantitative estimate of drug-likeness (QED) is 0.804. The van der Waals surface area contributed by atoms with Gasteiger partial charge in [0.05, 0.1) is 18.2 Å². The molecule has 5 heteroatoms. The van der Waals surface area contributed by atoms with Crippen LogP contribution in [0, 0.1) is 0 Å². The summed E-state index contributed by atoms with van der Waals surface area (Å²) in [5.41, 5.74) is 0.829. The zero-order valence-electron chi connectivity index (χ0n) is 13.0. The number of piperidine rings is 1. The highest BCUT2D eigenvalue weighted by Gasteiger charge is 2.43. The molecule has 2 aliphatic heterocycles. The van der Waals surface area contributed by atoms with Crippen molar-refractivity contribution in [1.82, 2.24) is 4.90 Å². The summed E-state index contributed by atoms with van der Waals surface area (Å²) in [6.07, 6.45) is 6.42. The monoisotopic (exact) mass is 319 g/mol. The lowest BCUT2D eigenvalue weighted by Gasteiger charge is -2.38. The summed E-state index contributed by atoms with van der Waals surface area (Å²) in [6, 6.07) is 7.58. The average Bonchev–Trinajstić information content (AvgIpc) is 2.83. The molecule has 0 aliphatic carbocycles. The Kier molecular flexibility index (Phi) is 4.43. The second kappa shape index (κ2) is 6.32. The highest BCUT2D eigenvalue weighted by atomic mass is 32.2. The van der Waals surface area contributed by atoms with Gasteiger partial charge in [-0.25, -0.2) is 4.79 Å². The van der Waals surface area contributed by atoms with Crippen molar-refractivity contribution in [3.8, 4) is 0 Å². The predicted octanol–water partition coefficient (Wildman–Crippen LogP) is 2.97. The van der Waals surface area contributed by atoms with Gasteiger partial charge in [-0.1, -0.05) is 12.1 Å². The van der Waals surface area contributed by atoms with E-state index in [4.69, 9.17) is 4.74 Å². The number of hydrogen-bond acceptors (Lipinski definition) is 4. The molecule has 2 atom stereocenters. The fourth-order valence-electron chi connectivity index (χ4n) is 3.75. The minimum Gasteiger partial charge on any atom is -0.465 e. The molecule has 0 aromatic heterocycles. The summed E-state index contributed by atoms with van der Waals surface area (Å²) in [4.78, 5) is 26.9. The molecule has 1 aromatic rings. The van der Waals surface area contributed by atoms with Crippen LogP contribution in [-0.4, -0.2) is 47.5 Å². The Balaban J connectivity index is 1.88. The number of thioether (sulfide) groups is 1. The molecule has 0 radical (unpaired) electrons. The number of nitrogens with zero attached hydrogens (tertiary/aromatic N) is 1. The van der Waals surface area contributed by atoms with Crippen LogP contribution in [0.4, 0.5) is 0 Å². The number of ether oxygens (including phenoxy) is 1. The zero-order valence-corrected chi connectivity index (χ0v) is 13.8. The van der Waals surface area contributed by atoms with Gasteiger partial charge in [-0.05, 0) is 44.1 Å². The van der Waals surface area contributed by atoms with Gasteiger partial charge in [0.2, 0.25) is 0 Å². The maximum Gasteiger partial charge on any atom is 0.338 e. The summed E-state index contributed by atoms with van der Waals surface area (Å²) >= 11 is 1.90. The summed E-state index contributed by atoms with van der Waals surface area (Å²) in [5.74, 6) is -0.469. The first kappa shape index (κ1) is 15.4. The topological polar surface area (TPSA) is 46.6 Å². The van der Waals surface area contributed by atoms with Gasteiger partial charge in [0.25, 0.3) is 5.91 Å². The number of carbonyl (C=O) groups is 2. The number of amides is 1. The molecule has 2 fully saturated rings. The van der Waals surface area contributed by atoms with E-state index in [2.05, 4.69) is 6.26 Å². The van der Waals surface area contributed by atoms with Crippen LogP contribution in [0.5, 0.6) is 0 Å². The van der Waals surface area contributed by atoms with Gasteiger partial charge in [-0.2, -0.15) is 11.8 Å². The first-order chi connectivity index (χ1) is 10.7. The van der Waals surface area contributed by atoms with Crippen LogP contribution in [0.15, 0.2) is 24.3 Å². The normalized spacial score (nSPS) is 26.8. The van der Waals surface area contributed by atoms with Crippen LogP contribution in [0.3, 0.4) is 0 Å². The molecule has 2 aliphatic rings. The Morgan fingerprint density at radius 2 is 1.73 bits per heavy atom. The molecule has 1 aromatic carbocycles. The van der Waals surface area contributed by atoms with E-state index in [9.17, 15) is 9.59 Å². The van der Waals surface area contributed by atoms with Crippen molar-refractivity contribution in [2.75, 3.05) is 13.4 Å². The number of esters is 1. The van der Waals surface area contributed by atoms with Gasteiger partial charge >= 0.3 is 5.97 Å². The fourth-order valence-corrected chi connectivity index (χ4v) is 4.58. The molecule has 2 bridgehead atoms. The second-order valence-electron chi connectivity index (χ2n) is 5.96. The van der Waals surface area contributed by atoms with Crippen molar-refractivity contribution >= 4 is 23.6 Å². The van der Waals surface area contributed by atoms with Crippen molar-refractivity contribution in [2.45, 2.75) is 43.0 Å². The minimum absolute atomic E-state index is 0.0203. The third-order valence-electron chi connectivity index (χ3n) is 4.82. The van der Waals surface area contributed by atoms with Gasteiger partial charge < -0.3 is 9.64 Å². The third kappa shape index (κ3) is 2.62. The molecule has 2 saturated heterocycles. The maximum atomic E-state index is 13.0. The molecule has 2 heterocycles. The van der Waals surface area contributed by atoms with Crippen molar-refractivity contribution in [2.24, 2.45) is 0 Å². The van der Waals surface area contributed by atoms with Crippen molar-refractivity contribution in [3.63, 3.8) is 0 Å². The summed E-state index contributed by atoms with van der Waals surface area (Å²) < 4.78 is 4.81. The lowest BCUT2D eigenvalue weighted by atomic mass is 9.99. The van der Waals surface area contributed by atoms with E-state index in [-0.39, 0.29) is 5.91 Å². The predicted molar refractivity (Wildman–Crippen MR) is 87.3 cm³/mol. The number of rotatable bonds is 3. The SMILES string of the molecule is COC(=O)c1ccccc1C(=O)N1C2CCC1CC(SC)C2. The Bertz CT molecular complexity index is 575. The van der Waals surface area contributed by atoms with E-state index in [1.54, 1.807) is 24.3 Å². The van der Waals surface area contributed by atoms with Crippen LogP contribution in [0.2, 0.25) is 0 Å². The average molecular weight is 319 g/mol. The van der Waals surface area contributed by atoms with Gasteiger partial charge in [-0.3, -0.25) is 4.79 Å². The molecule has 0 saturated carbocycles. The van der Waals surface area contributed by atoms with Crippen molar-refractivity contribution < 1.29 is 14.3 Å². The van der Waals surface area contributed by atoms with Crippen LogP contribution < -0.4 is 0 Å². The first-order valence-electron chi connectivity index (χ1n) is 7.68. The molecule has 0 spiro atoms. The van der Waals surface area contributed by atoms with Crippen molar-refractivity contribution in [3.05, 3.63) is 35.4 Å². The van der Waals surface area contributed by atoms with E-state index in [1.165, 1.54) is 7.11 Å². The van der Waals surface area contributed by atoms with E-state index >= 15 is 0 Å². The molecule has 3 rings (SSSR count). The molecule has 1 amide bonds. The molecule has 118 valence electrons. The van der Waals surface area contributed by atoms with E-state index in [0.29, 0.717) is 28.5 Å². The van der Waals surface area contributed by atoms with Gasteiger partial charge in [-0.15, -0.1) is 0 Å².